The zero-order chi connectivity index (χ0) is 27.1. The van der Waals surface area contributed by atoms with Gasteiger partial charge in [0.05, 0.1) is 5.56 Å². The maximum absolute atomic E-state index is 13.1. The molecule has 0 aromatic carbocycles. The van der Waals surface area contributed by atoms with Crippen LogP contribution in [0.3, 0.4) is 0 Å². The van der Waals surface area contributed by atoms with Gasteiger partial charge in [-0.3, -0.25) is 9.78 Å². The molecule has 206 valence electrons. The van der Waals surface area contributed by atoms with E-state index in [0.29, 0.717) is 5.92 Å². The number of carbonyl (C=O) groups excluding carboxylic acids is 1. The first-order chi connectivity index (χ1) is 18.2. The lowest BCUT2D eigenvalue weighted by Gasteiger charge is -2.28. The van der Waals surface area contributed by atoms with Crippen LogP contribution >= 0.6 is 0 Å². The maximum atomic E-state index is 13.1. The Labute approximate surface area is 220 Å². The minimum atomic E-state index is -2.89. The zero-order valence-electron chi connectivity index (χ0n) is 21.6. The van der Waals surface area contributed by atoms with Gasteiger partial charge in [-0.25, -0.2) is 27.5 Å². The number of hydrogen-bond acceptors (Lipinski definition) is 5. The Morgan fingerprint density at radius 1 is 1.18 bits per heavy atom. The number of alkyl halides is 4. The summed E-state index contributed by atoms with van der Waals surface area (Å²) in [6.07, 6.45) is 6.69. The van der Waals surface area contributed by atoms with Crippen molar-refractivity contribution in [3.05, 3.63) is 53.0 Å². The van der Waals surface area contributed by atoms with Crippen LogP contribution in [-0.4, -0.2) is 59.2 Å². The zero-order valence-corrected chi connectivity index (χ0v) is 21.6. The number of carbonyl (C=O) groups is 1. The molecule has 2 aromatic heterocycles. The Bertz CT molecular complexity index is 1110. The van der Waals surface area contributed by atoms with Crippen LogP contribution in [-0.2, 0) is 12.8 Å². The Morgan fingerprint density at radius 2 is 1.95 bits per heavy atom. The van der Waals surface area contributed by atoms with E-state index in [1.54, 1.807) is 12.3 Å². The highest BCUT2D eigenvalue weighted by molar-refractivity contribution is 6.00. The Balaban J connectivity index is 1.20. The van der Waals surface area contributed by atoms with Crippen molar-refractivity contribution in [1.29, 1.82) is 0 Å². The van der Waals surface area contributed by atoms with Crippen molar-refractivity contribution < 1.29 is 27.1 Å². The summed E-state index contributed by atoms with van der Waals surface area (Å²) in [5.41, 5.74) is 1.39. The standard InChI is InChI=1S/C28H34F4N4O2/c1-28(31,32)18-38-24-9-8-21-11-15-36(16-12-23(21)35-24)14-10-19-4-6-20(7-5-19)17-34-27(37)22-3-2-13-33-25(22)26(29)30/h2-3,8-9,13,17,19-20,26H,4-7,10-12,14-16,18H2,1H3/b34-17+. The molecule has 1 aliphatic carbocycles. The summed E-state index contributed by atoms with van der Waals surface area (Å²) >= 11 is 0. The topological polar surface area (TPSA) is 67.7 Å². The number of aliphatic imine (C=N–C) groups is 1. The van der Waals surface area contributed by atoms with E-state index in [1.807, 2.05) is 6.07 Å². The quantitative estimate of drug-likeness (QED) is 0.294. The molecule has 0 spiro atoms. The smallest absolute Gasteiger partial charge is 0.281 e. The Kier molecular flexibility index (Phi) is 9.46. The predicted molar refractivity (Wildman–Crippen MR) is 136 cm³/mol. The molecule has 2 aliphatic rings. The molecule has 38 heavy (non-hydrogen) atoms. The second kappa shape index (κ2) is 12.8. The summed E-state index contributed by atoms with van der Waals surface area (Å²) in [5, 5.41) is 0. The molecule has 0 radical (unpaired) electrons. The van der Waals surface area contributed by atoms with Gasteiger partial charge in [0.2, 0.25) is 5.88 Å². The molecule has 0 bridgehead atoms. The minimum absolute atomic E-state index is 0.145. The van der Waals surface area contributed by atoms with Crippen molar-refractivity contribution in [2.24, 2.45) is 16.8 Å². The first kappa shape index (κ1) is 28.1. The predicted octanol–water partition coefficient (Wildman–Crippen LogP) is 5.96. The van der Waals surface area contributed by atoms with Crippen LogP contribution in [0.15, 0.2) is 35.5 Å². The molecular weight excluding hydrogens is 500 g/mol. The summed E-state index contributed by atoms with van der Waals surface area (Å²) < 4.78 is 57.6. The minimum Gasteiger partial charge on any atom is -0.471 e. The van der Waals surface area contributed by atoms with Gasteiger partial charge in [0.15, 0.2) is 6.61 Å². The molecule has 6 nitrogen and oxygen atoms in total. The number of pyridine rings is 2. The second-order valence-corrected chi connectivity index (χ2v) is 10.3. The monoisotopic (exact) mass is 534 g/mol. The second-order valence-electron chi connectivity index (χ2n) is 10.3. The van der Waals surface area contributed by atoms with Gasteiger partial charge in [-0.15, -0.1) is 0 Å². The molecule has 0 unspecified atom stereocenters. The lowest BCUT2D eigenvalue weighted by atomic mass is 9.81. The molecule has 4 rings (SSSR count). The number of rotatable bonds is 9. The van der Waals surface area contributed by atoms with Crippen LogP contribution < -0.4 is 4.74 Å². The van der Waals surface area contributed by atoms with Gasteiger partial charge in [-0.2, -0.15) is 0 Å². The Morgan fingerprint density at radius 3 is 2.68 bits per heavy atom. The van der Waals surface area contributed by atoms with Gasteiger partial charge in [0, 0.05) is 50.6 Å². The van der Waals surface area contributed by atoms with E-state index in [0.717, 1.165) is 82.8 Å². The van der Waals surface area contributed by atoms with Gasteiger partial charge < -0.3 is 9.64 Å². The summed E-state index contributed by atoms with van der Waals surface area (Å²) in [5.74, 6) is -2.55. The van der Waals surface area contributed by atoms with Crippen molar-refractivity contribution >= 4 is 12.1 Å². The first-order valence-corrected chi connectivity index (χ1v) is 13.2. The van der Waals surface area contributed by atoms with Crippen LogP contribution in [0, 0.1) is 11.8 Å². The summed E-state index contributed by atoms with van der Waals surface area (Å²) in [7, 11) is 0. The van der Waals surface area contributed by atoms with Crippen molar-refractivity contribution in [3.8, 4) is 5.88 Å². The summed E-state index contributed by atoms with van der Waals surface area (Å²) in [6.45, 7) is 2.93. The van der Waals surface area contributed by atoms with Crippen LogP contribution in [0.1, 0.15) is 72.8 Å². The molecule has 0 atom stereocenters. The van der Waals surface area contributed by atoms with E-state index in [9.17, 15) is 22.4 Å². The summed E-state index contributed by atoms with van der Waals surface area (Å²) in [6, 6.07) is 6.40. The Hall–Kier alpha value is -2.88. The third kappa shape index (κ3) is 8.06. The van der Waals surface area contributed by atoms with Crippen molar-refractivity contribution in [1.82, 2.24) is 14.9 Å². The largest absolute Gasteiger partial charge is 0.471 e. The van der Waals surface area contributed by atoms with Gasteiger partial charge >= 0.3 is 0 Å². The van der Waals surface area contributed by atoms with E-state index in [-0.39, 0.29) is 17.4 Å². The van der Waals surface area contributed by atoms with E-state index in [2.05, 4.69) is 19.9 Å². The van der Waals surface area contributed by atoms with Crippen LogP contribution in [0.4, 0.5) is 17.6 Å². The highest BCUT2D eigenvalue weighted by Crippen LogP contribution is 2.31. The molecular formula is C28H34F4N4O2. The fourth-order valence-corrected chi connectivity index (χ4v) is 5.12. The third-order valence-electron chi connectivity index (χ3n) is 7.30. The van der Waals surface area contributed by atoms with Gasteiger partial charge in [-0.1, -0.05) is 6.07 Å². The van der Waals surface area contributed by atoms with Gasteiger partial charge in [-0.05, 0) is 74.6 Å². The summed E-state index contributed by atoms with van der Waals surface area (Å²) in [4.78, 5) is 26.8. The average Bonchev–Trinajstić information content (AvgIpc) is 3.11. The maximum Gasteiger partial charge on any atom is 0.281 e. The van der Waals surface area contributed by atoms with Crippen LogP contribution in [0.25, 0.3) is 0 Å². The highest BCUT2D eigenvalue weighted by atomic mass is 19.3. The third-order valence-corrected chi connectivity index (χ3v) is 7.30. The number of aromatic nitrogens is 2. The molecule has 1 aliphatic heterocycles. The number of fused-ring (bicyclic) bond motifs is 1. The molecule has 3 heterocycles. The van der Waals surface area contributed by atoms with Crippen molar-refractivity contribution in [3.63, 3.8) is 0 Å². The normalized spacial score (nSPS) is 20.9. The molecule has 0 N–H and O–H groups in total. The molecule has 2 aromatic rings. The lowest BCUT2D eigenvalue weighted by Crippen LogP contribution is -2.29. The lowest BCUT2D eigenvalue weighted by molar-refractivity contribution is -0.0243. The molecule has 1 saturated carbocycles. The molecule has 0 saturated heterocycles. The number of amides is 1. The fourth-order valence-electron chi connectivity index (χ4n) is 5.12. The van der Waals surface area contributed by atoms with E-state index >= 15 is 0 Å². The average molecular weight is 535 g/mol. The number of ether oxygens (including phenoxy) is 1. The fraction of sp³-hybridized carbons (Fsp3) is 0.571. The van der Waals surface area contributed by atoms with Crippen molar-refractivity contribution in [2.75, 3.05) is 26.2 Å². The van der Waals surface area contributed by atoms with E-state index < -0.39 is 30.6 Å². The highest BCUT2D eigenvalue weighted by Gasteiger charge is 2.25. The van der Waals surface area contributed by atoms with E-state index in [1.165, 1.54) is 18.3 Å². The SMILES string of the molecule is CC(F)(F)COc1ccc2c(n1)CCN(CCC1CCC(/C=N/C(=O)c3cccnc3C(F)F)CC1)CC2. The van der Waals surface area contributed by atoms with Crippen LogP contribution in [0.2, 0.25) is 0 Å². The van der Waals surface area contributed by atoms with Crippen molar-refractivity contribution in [2.45, 2.75) is 64.2 Å². The first-order valence-electron chi connectivity index (χ1n) is 13.2. The molecule has 1 amide bonds. The molecule has 1 fully saturated rings. The molecule has 10 heteroatoms. The van der Waals surface area contributed by atoms with Crippen LogP contribution in [0.5, 0.6) is 5.88 Å². The number of halogens is 4. The number of nitrogens with zero attached hydrogens (tertiary/aromatic N) is 4. The van der Waals surface area contributed by atoms with E-state index in [4.69, 9.17) is 4.74 Å². The number of hydrogen-bond donors (Lipinski definition) is 0. The van der Waals surface area contributed by atoms with Gasteiger partial charge in [0.1, 0.15) is 5.69 Å². The van der Waals surface area contributed by atoms with Gasteiger partial charge in [0.25, 0.3) is 18.3 Å².